The molecule has 0 N–H and O–H groups in total. The fourth-order valence-corrected chi connectivity index (χ4v) is 2.44. The number of hydrogen-bond acceptors (Lipinski definition) is 5. The minimum absolute atomic E-state index is 0.0406. The molecule has 0 radical (unpaired) electrons. The summed E-state index contributed by atoms with van der Waals surface area (Å²) in [4.78, 5) is 37.7. The molecular weight excluding hydrogens is 298 g/mol. The molecule has 23 heavy (non-hydrogen) atoms. The molecule has 124 valence electrons. The summed E-state index contributed by atoms with van der Waals surface area (Å²) in [5.74, 6) is -0.427. The quantitative estimate of drug-likeness (QED) is 0.615. The maximum Gasteiger partial charge on any atom is 0.326 e. The number of anilines is 1. The molecule has 0 saturated carbocycles. The second kappa shape index (κ2) is 6.40. The summed E-state index contributed by atoms with van der Waals surface area (Å²) in [6.45, 7) is 6.78. The maximum absolute atomic E-state index is 12.6. The predicted octanol–water partition coefficient (Wildman–Crippen LogP) is 2.35. The summed E-state index contributed by atoms with van der Waals surface area (Å²) in [7, 11) is 0. The molecule has 0 atom stereocenters. The summed E-state index contributed by atoms with van der Waals surface area (Å²) in [5.41, 5.74) is -0.187. The molecular formula is C17H21NO5. The first-order valence-electron chi connectivity index (χ1n) is 7.64. The number of nitrogens with zero attached hydrogens (tertiary/aromatic N) is 1. The molecule has 0 bridgehead atoms. The second-order valence-electron chi connectivity index (χ2n) is 5.77. The Morgan fingerprint density at radius 3 is 2.57 bits per heavy atom. The first-order chi connectivity index (χ1) is 10.8. The zero-order valence-corrected chi connectivity index (χ0v) is 13.8. The lowest BCUT2D eigenvalue weighted by Crippen LogP contribution is -2.54. The van der Waals surface area contributed by atoms with E-state index >= 15 is 0 Å². The largest absolute Gasteiger partial charge is 0.476 e. The Morgan fingerprint density at radius 2 is 1.96 bits per heavy atom. The summed E-state index contributed by atoms with van der Waals surface area (Å²) >= 11 is 0. The summed E-state index contributed by atoms with van der Waals surface area (Å²) in [6.07, 6.45) is 0.358. The van der Waals surface area contributed by atoms with Crippen molar-refractivity contribution >= 4 is 23.3 Å². The van der Waals surface area contributed by atoms with Crippen molar-refractivity contribution in [2.75, 3.05) is 18.1 Å². The smallest absolute Gasteiger partial charge is 0.326 e. The molecule has 1 aromatic carbocycles. The van der Waals surface area contributed by atoms with Crippen LogP contribution in [0, 0.1) is 0 Å². The van der Waals surface area contributed by atoms with E-state index in [1.807, 2.05) is 0 Å². The summed E-state index contributed by atoms with van der Waals surface area (Å²) < 4.78 is 10.7. The van der Waals surface area contributed by atoms with Crippen LogP contribution in [0.5, 0.6) is 5.75 Å². The minimum atomic E-state index is -1.09. The third-order valence-electron chi connectivity index (χ3n) is 3.61. The van der Waals surface area contributed by atoms with Gasteiger partial charge in [-0.15, -0.1) is 0 Å². The lowest BCUT2D eigenvalue weighted by molar-refractivity contribution is -0.144. The molecule has 1 aliphatic rings. The third-order valence-corrected chi connectivity index (χ3v) is 3.61. The molecule has 1 aromatic rings. The number of esters is 1. The van der Waals surface area contributed by atoms with Crippen LogP contribution in [0.3, 0.4) is 0 Å². The number of carbonyl (C=O) groups is 3. The molecule has 6 heteroatoms. The first kappa shape index (κ1) is 17.0. The third kappa shape index (κ3) is 3.36. The van der Waals surface area contributed by atoms with Gasteiger partial charge in [-0.25, -0.2) is 0 Å². The number of fused-ring (bicyclic) bond motifs is 1. The van der Waals surface area contributed by atoms with Gasteiger partial charge in [-0.3, -0.25) is 19.3 Å². The molecule has 0 aliphatic carbocycles. The minimum Gasteiger partial charge on any atom is -0.476 e. The predicted molar refractivity (Wildman–Crippen MR) is 84.8 cm³/mol. The van der Waals surface area contributed by atoms with E-state index in [-0.39, 0.29) is 24.8 Å². The van der Waals surface area contributed by atoms with Crippen LogP contribution in [0.2, 0.25) is 0 Å². The Labute approximate surface area is 135 Å². The number of amides is 1. The molecule has 0 spiro atoms. The van der Waals surface area contributed by atoms with Crippen LogP contribution in [-0.2, 0) is 14.3 Å². The average Bonchev–Trinajstić information content (AvgIpc) is 2.50. The van der Waals surface area contributed by atoms with Crippen molar-refractivity contribution in [1.82, 2.24) is 0 Å². The molecule has 0 unspecified atom stereocenters. The van der Waals surface area contributed by atoms with E-state index in [1.54, 1.807) is 45.9 Å². The fourth-order valence-electron chi connectivity index (χ4n) is 2.44. The summed E-state index contributed by atoms with van der Waals surface area (Å²) in [6, 6.07) is 4.91. The number of Topliss-reactive ketones (excluding diaryl/α,β-unsaturated/α-hetero) is 1. The van der Waals surface area contributed by atoms with Crippen molar-refractivity contribution < 1.29 is 23.9 Å². The average molecular weight is 319 g/mol. The van der Waals surface area contributed by atoms with Gasteiger partial charge in [-0.2, -0.15) is 0 Å². The molecule has 1 heterocycles. The highest BCUT2D eigenvalue weighted by atomic mass is 16.5. The number of carbonyl (C=O) groups excluding carboxylic acids is 3. The summed E-state index contributed by atoms with van der Waals surface area (Å²) in [5, 5.41) is 0. The molecule has 2 rings (SSSR count). The fraction of sp³-hybridized carbons (Fsp3) is 0.471. The van der Waals surface area contributed by atoms with Crippen LogP contribution in [0.4, 0.5) is 5.69 Å². The van der Waals surface area contributed by atoms with Gasteiger partial charge in [0.05, 0.1) is 12.3 Å². The van der Waals surface area contributed by atoms with E-state index in [4.69, 9.17) is 9.47 Å². The molecule has 0 aromatic heterocycles. The van der Waals surface area contributed by atoms with E-state index in [2.05, 4.69) is 0 Å². The zero-order valence-electron chi connectivity index (χ0n) is 13.8. The van der Waals surface area contributed by atoms with Gasteiger partial charge in [-0.1, -0.05) is 6.92 Å². The van der Waals surface area contributed by atoms with Crippen molar-refractivity contribution in [2.24, 2.45) is 0 Å². The number of hydrogen-bond donors (Lipinski definition) is 0. The SMILES string of the molecule is CCOC(=O)CN1C(=O)C(C)(C)Oc2ccc(C(=O)CC)cc21. The van der Waals surface area contributed by atoms with Gasteiger partial charge in [0.1, 0.15) is 12.3 Å². The topological polar surface area (TPSA) is 72.9 Å². The molecule has 1 aliphatic heterocycles. The molecule has 1 amide bonds. The van der Waals surface area contributed by atoms with Gasteiger partial charge in [0, 0.05) is 12.0 Å². The number of ketones is 1. The Bertz CT molecular complexity index is 650. The van der Waals surface area contributed by atoms with Crippen LogP contribution in [0.1, 0.15) is 44.5 Å². The van der Waals surface area contributed by atoms with Gasteiger partial charge in [-0.05, 0) is 39.0 Å². The number of benzene rings is 1. The van der Waals surface area contributed by atoms with E-state index in [9.17, 15) is 14.4 Å². The van der Waals surface area contributed by atoms with Gasteiger partial charge < -0.3 is 9.47 Å². The lowest BCUT2D eigenvalue weighted by atomic mass is 10.0. The molecule has 0 fully saturated rings. The van der Waals surface area contributed by atoms with Crippen molar-refractivity contribution in [3.05, 3.63) is 23.8 Å². The van der Waals surface area contributed by atoms with E-state index in [0.29, 0.717) is 23.4 Å². The van der Waals surface area contributed by atoms with Gasteiger partial charge in [0.2, 0.25) is 0 Å². The molecule has 6 nitrogen and oxygen atoms in total. The Balaban J connectivity index is 2.45. The van der Waals surface area contributed by atoms with E-state index in [0.717, 1.165) is 0 Å². The van der Waals surface area contributed by atoms with Crippen LogP contribution < -0.4 is 9.64 Å². The normalized spacial score (nSPS) is 15.7. The van der Waals surface area contributed by atoms with Crippen molar-refractivity contribution in [3.8, 4) is 5.75 Å². The highest BCUT2D eigenvalue weighted by Gasteiger charge is 2.42. The van der Waals surface area contributed by atoms with Crippen molar-refractivity contribution in [1.29, 1.82) is 0 Å². The monoisotopic (exact) mass is 319 g/mol. The number of ether oxygens (including phenoxy) is 2. The first-order valence-corrected chi connectivity index (χ1v) is 7.64. The van der Waals surface area contributed by atoms with Crippen LogP contribution in [0.15, 0.2) is 18.2 Å². The zero-order chi connectivity index (χ0) is 17.2. The number of rotatable bonds is 5. The highest BCUT2D eigenvalue weighted by Crippen LogP contribution is 2.38. The van der Waals surface area contributed by atoms with E-state index < -0.39 is 11.6 Å². The van der Waals surface area contributed by atoms with Crippen LogP contribution in [0.25, 0.3) is 0 Å². The Kier molecular flexibility index (Phi) is 4.73. The standard InChI is InChI=1S/C17H21NO5/c1-5-13(19)11-7-8-14-12(9-11)18(10-15(20)22-6-2)16(21)17(3,4)23-14/h7-9H,5-6,10H2,1-4H3. The van der Waals surface area contributed by atoms with Gasteiger partial charge in [0.15, 0.2) is 11.4 Å². The van der Waals surface area contributed by atoms with Gasteiger partial charge >= 0.3 is 5.97 Å². The van der Waals surface area contributed by atoms with Crippen LogP contribution >= 0.6 is 0 Å². The van der Waals surface area contributed by atoms with Crippen molar-refractivity contribution in [3.63, 3.8) is 0 Å². The second-order valence-corrected chi connectivity index (χ2v) is 5.77. The van der Waals surface area contributed by atoms with Crippen molar-refractivity contribution in [2.45, 2.75) is 39.7 Å². The maximum atomic E-state index is 12.6. The van der Waals surface area contributed by atoms with Gasteiger partial charge in [0.25, 0.3) is 5.91 Å². The van der Waals surface area contributed by atoms with Crippen LogP contribution in [-0.4, -0.2) is 36.4 Å². The van der Waals surface area contributed by atoms with E-state index in [1.165, 1.54) is 4.90 Å². The highest BCUT2D eigenvalue weighted by molar-refractivity contribution is 6.06. The molecule has 0 saturated heterocycles. The Hall–Kier alpha value is -2.37. The Morgan fingerprint density at radius 1 is 1.26 bits per heavy atom. The lowest BCUT2D eigenvalue weighted by Gasteiger charge is -2.38.